The summed E-state index contributed by atoms with van der Waals surface area (Å²) >= 11 is 0. The van der Waals surface area contributed by atoms with Gasteiger partial charge in [0.05, 0.1) is 25.9 Å². The van der Waals surface area contributed by atoms with E-state index >= 15 is 0 Å². The van der Waals surface area contributed by atoms with E-state index in [1.807, 2.05) is 18.2 Å². The maximum atomic E-state index is 9.69. The van der Waals surface area contributed by atoms with Crippen molar-refractivity contribution in [2.75, 3.05) is 7.11 Å². The van der Waals surface area contributed by atoms with Gasteiger partial charge in [0.1, 0.15) is 5.75 Å². The summed E-state index contributed by atoms with van der Waals surface area (Å²) in [6.07, 6.45) is 4.88. The highest BCUT2D eigenvalue weighted by Gasteiger charge is 2.22. The van der Waals surface area contributed by atoms with E-state index in [1.165, 1.54) is 19.3 Å². The molecule has 2 rings (SSSR count). The zero-order valence-corrected chi connectivity index (χ0v) is 12.8. The second-order valence-electron chi connectivity index (χ2n) is 5.86. The Morgan fingerprint density at radius 2 is 2.05 bits per heavy atom. The van der Waals surface area contributed by atoms with Crippen LogP contribution in [0.25, 0.3) is 0 Å². The van der Waals surface area contributed by atoms with E-state index in [0.29, 0.717) is 18.6 Å². The van der Waals surface area contributed by atoms with Crippen molar-refractivity contribution in [1.29, 1.82) is 0 Å². The lowest BCUT2D eigenvalue weighted by Crippen LogP contribution is -2.25. The molecular weight excluding hydrogens is 252 g/mol. The zero-order chi connectivity index (χ0) is 14.5. The summed E-state index contributed by atoms with van der Waals surface area (Å²) in [6.45, 7) is 4.60. The highest BCUT2D eigenvalue weighted by molar-refractivity contribution is 5.37. The highest BCUT2D eigenvalue weighted by atomic mass is 16.5. The zero-order valence-electron chi connectivity index (χ0n) is 12.8. The number of rotatable bonds is 5. The van der Waals surface area contributed by atoms with Crippen LogP contribution in [0.1, 0.15) is 56.8 Å². The lowest BCUT2D eigenvalue weighted by molar-refractivity contribution is -0.0161. The lowest BCUT2D eigenvalue weighted by atomic mass is 9.88. The Labute approximate surface area is 121 Å². The average Bonchev–Trinajstić information content (AvgIpc) is 2.46. The van der Waals surface area contributed by atoms with Crippen LogP contribution in [0.15, 0.2) is 18.2 Å². The van der Waals surface area contributed by atoms with E-state index in [9.17, 15) is 5.11 Å². The molecule has 0 saturated heterocycles. The van der Waals surface area contributed by atoms with Crippen LogP contribution in [-0.4, -0.2) is 18.3 Å². The molecule has 1 saturated carbocycles. The molecule has 1 fully saturated rings. The number of aliphatic hydroxyl groups excluding tert-OH is 1. The quantitative estimate of drug-likeness (QED) is 0.889. The fraction of sp³-hybridized carbons (Fsp3) is 0.647. The minimum atomic E-state index is -0.465. The predicted octanol–water partition coefficient (Wildman–Crippen LogP) is 3.84. The summed E-state index contributed by atoms with van der Waals surface area (Å²) in [5.41, 5.74) is 1.92. The van der Waals surface area contributed by atoms with Gasteiger partial charge in [-0.05, 0) is 43.4 Å². The van der Waals surface area contributed by atoms with Crippen molar-refractivity contribution in [3.8, 4) is 5.75 Å². The number of hydrogen-bond acceptors (Lipinski definition) is 3. The summed E-state index contributed by atoms with van der Waals surface area (Å²) in [5.74, 6) is 1.47. The van der Waals surface area contributed by atoms with Gasteiger partial charge in [0.2, 0.25) is 0 Å². The van der Waals surface area contributed by atoms with Crippen LogP contribution < -0.4 is 4.74 Å². The van der Waals surface area contributed by atoms with Crippen LogP contribution in [0.4, 0.5) is 0 Å². The fourth-order valence-electron chi connectivity index (χ4n) is 2.90. The Morgan fingerprint density at radius 3 is 2.70 bits per heavy atom. The Balaban J connectivity index is 2.05. The molecule has 3 unspecified atom stereocenters. The molecule has 1 aliphatic rings. The first-order valence-corrected chi connectivity index (χ1v) is 7.58. The van der Waals surface area contributed by atoms with Gasteiger partial charge < -0.3 is 14.6 Å². The first-order chi connectivity index (χ1) is 9.61. The molecule has 0 spiro atoms. The molecule has 1 aliphatic carbocycles. The van der Waals surface area contributed by atoms with Crippen LogP contribution in [0.5, 0.6) is 5.75 Å². The molecule has 0 amide bonds. The smallest absolute Gasteiger partial charge is 0.124 e. The monoisotopic (exact) mass is 278 g/mol. The molecule has 1 aromatic carbocycles. The molecule has 0 heterocycles. The van der Waals surface area contributed by atoms with Crippen molar-refractivity contribution < 1.29 is 14.6 Å². The first-order valence-electron chi connectivity index (χ1n) is 7.58. The van der Waals surface area contributed by atoms with Crippen LogP contribution in [0, 0.1) is 5.92 Å². The molecule has 0 bridgehead atoms. The second kappa shape index (κ2) is 7.09. The normalized spacial score (nSPS) is 24.4. The third-order valence-corrected chi connectivity index (χ3v) is 4.27. The lowest BCUT2D eigenvalue weighted by Gasteiger charge is -2.29. The van der Waals surface area contributed by atoms with Gasteiger partial charge in [-0.3, -0.25) is 0 Å². The highest BCUT2D eigenvalue weighted by Crippen LogP contribution is 2.29. The van der Waals surface area contributed by atoms with Crippen LogP contribution in [0.2, 0.25) is 0 Å². The van der Waals surface area contributed by atoms with Crippen LogP contribution in [-0.2, 0) is 11.3 Å². The predicted molar refractivity (Wildman–Crippen MR) is 79.8 cm³/mol. The van der Waals surface area contributed by atoms with Gasteiger partial charge in [-0.25, -0.2) is 0 Å². The summed E-state index contributed by atoms with van der Waals surface area (Å²) < 4.78 is 11.5. The Hall–Kier alpha value is -1.06. The van der Waals surface area contributed by atoms with Crippen molar-refractivity contribution in [3.63, 3.8) is 0 Å². The number of benzene rings is 1. The van der Waals surface area contributed by atoms with Gasteiger partial charge in [0.25, 0.3) is 0 Å². The van der Waals surface area contributed by atoms with Gasteiger partial charge in [-0.2, -0.15) is 0 Å². The van der Waals surface area contributed by atoms with Gasteiger partial charge in [-0.15, -0.1) is 0 Å². The van der Waals surface area contributed by atoms with Crippen molar-refractivity contribution in [2.24, 2.45) is 5.92 Å². The van der Waals surface area contributed by atoms with Crippen LogP contribution in [0.3, 0.4) is 0 Å². The Kier molecular flexibility index (Phi) is 5.44. The standard InChI is InChI=1S/C17H26O3/c1-12-6-4-5-7-16(12)20-11-15-10-14(13(2)18)8-9-17(15)19-3/h8-10,12-13,16,18H,4-7,11H2,1-3H3. The summed E-state index contributed by atoms with van der Waals surface area (Å²) in [5, 5.41) is 9.69. The Morgan fingerprint density at radius 1 is 1.30 bits per heavy atom. The number of aliphatic hydroxyl groups is 1. The molecule has 20 heavy (non-hydrogen) atoms. The van der Waals surface area contributed by atoms with Gasteiger partial charge in [-0.1, -0.05) is 25.8 Å². The van der Waals surface area contributed by atoms with Crippen molar-refractivity contribution in [2.45, 2.75) is 58.3 Å². The van der Waals surface area contributed by atoms with E-state index < -0.39 is 6.10 Å². The molecular formula is C17H26O3. The number of methoxy groups -OCH3 is 1. The largest absolute Gasteiger partial charge is 0.496 e. The minimum Gasteiger partial charge on any atom is -0.496 e. The topological polar surface area (TPSA) is 38.7 Å². The minimum absolute atomic E-state index is 0.351. The van der Waals surface area contributed by atoms with E-state index in [1.54, 1.807) is 14.0 Å². The summed E-state index contributed by atoms with van der Waals surface area (Å²) in [6, 6.07) is 5.79. The molecule has 112 valence electrons. The van der Waals surface area contributed by atoms with E-state index in [2.05, 4.69) is 6.92 Å². The van der Waals surface area contributed by atoms with E-state index in [0.717, 1.165) is 23.3 Å². The van der Waals surface area contributed by atoms with Gasteiger partial charge in [0.15, 0.2) is 0 Å². The third-order valence-electron chi connectivity index (χ3n) is 4.27. The second-order valence-corrected chi connectivity index (χ2v) is 5.86. The fourth-order valence-corrected chi connectivity index (χ4v) is 2.90. The average molecular weight is 278 g/mol. The maximum absolute atomic E-state index is 9.69. The number of hydrogen-bond donors (Lipinski definition) is 1. The molecule has 3 nitrogen and oxygen atoms in total. The molecule has 0 radical (unpaired) electrons. The SMILES string of the molecule is COc1ccc(C(C)O)cc1COC1CCCCC1C. The molecule has 3 atom stereocenters. The molecule has 1 aromatic rings. The Bertz CT molecular complexity index is 428. The van der Waals surface area contributed by atoms with E-state index in [4.69, 9.17) is 9.47 Å². The number of ether oxygens (including phenoxy) is 2. The molecule has 0 aromatic heterocycles. The maximum Gasteiger partial charge on any atom is 0.124 e. The summed E-state index contributed by atoms with van der Waals surface area (Å²) in [4.78, 5) is 0. The third kappa shape index (κ3) is 3.74. The molecule has 3 heteroatoms. The van der Waals surface area contributed by atoms with Gasteiger partial charge >= 0.3 is 0 Å². The first kappa shape index (κ1) is 15.3. The summed E-state index contributed by atoms with van der Waals surface area (Å²) in [7, 11) is 1.67. The van der Waals surface area contributed by atoms with Crippen molar-refractivity contribution in [1.82, 2.24) is 0 Å². The van der Waals surface area contributed by atoms with E-state index in [-0.39, 0.29) is 0 Å². The molecule has 1 N–H and O–H groups in total. The molecule has 0 aliphatic heterocycles. The van der Waals surface area contributed by atoms with Crippen molar-refractivity contribution in [3.05, 3.63) is 29.3 Å². The van der Waals surface area contributed by atoms with Crippen molar-refractivity contribution >= 4 is 0 Å². The van der Waals surface area contributed by atoms with Gasteiger partial charge in [0, 0.05) is 5.56 Å². The van der Waals surface area contributed by atoms with Crippen LogP contribution >= 0.6 is 0 Å².